The Morgan fingerprint density at radius 2 is 1.39 bits per heavy atom. The van der Waals surface area contributed by atoms with Crippen molar-refractivity contribution in [3.05, 3.63) is 101 Å². The maximum absolute atomic E-state index is 12.2. The van der Waals surface area contributed by atoms with E-state index in [1.807, 2.05) is 36.4 Å². The fourth-order valence-electron chi connectivity index (χ4n) is 2.79. The number of aromatic nitrogens is 1. The Labute approximate surface area is 164 Å². The molecular formula is C23H23N3O2. The molecule has 2 N–H and O–H groups in total. The molecular weight excluding hydrogens is 350 g/mol. The Balaban J connectivity index is 1.43. The van der Waals surface area contributed by atoms with E-state index in [1.54, 1.807) is 30.5 Å². The first-order chi connectivity index (χ1) is 13.7. The molecule has 0 radical (unpaired) electrons. The second kappa shape index (κ2) is 10.0. The number of rotatable bonds is 8. The largest absolute Gasteiger partial charge is 0.352 e. The third-order valence-corrected chi connectivity index (χ3v) is 4.34. The fraction of sp³-hybridized carbons (Fsp3) is 0.174. The van der Waals surface area contributed by atoms with Crippen LogP contribution in [0.2, 0.25) is 0 Å². The first-order valence-corrected chi connectivity index (χ1v) is 9.32. The summed E-state index contributed by atoms with van der Waals surface area (Å²) in [5.74, 6) is -0.325. The Bertz CT molecular complexity index is 894. The van der Waals surface area contributed by atoms with Gasteiger partial charge in [-0.05, 0) is 54.8 Å². The summed E-state index contributed by atoms with van der Waals surface area (Å²) >= 11 is 0. The Kier molecular flexibility index (Phi) is 6.90. The summed E-state index contributed by atoms with van der Waals surface area (Å²) < 4.78 is 0. The van der Waals surface area contributed by atoms with Gasteiger partial charge in [-0.3, -0.25) is 14.6 Å². The third-order valence-electron chi connectivity index (χ3n) is 4.34. The molecule has 0 atom stereocenters. The highest BCUT2D eigenvalue weighted by atomic mass is 16.2. The van der Waals surface area contributed by atoms with E-state index < -0.39 is 0 Å². The van der Waals surface area contributed by atoms with Crippen molar-refractivity contribution in [3.8, 4) is 0 Å². The smallest absolute Gasteiger partial charge is 0.251 e. The predicted molar refractivity (Wildman–Crippen MR) is 109 cm³/mol. The van der Waals surface area contributed by atoms with Gasteiger partial charge in [0.2, 0.25) is 0 Å². The molecule has 0 fully saturated rings. The van der Waals surface area contributed by atoms with Gasteiger partial charge in [-0.2, -0.15) is 0 Å². The monoisotopic (exact) mass is 373 g/mol. The van der Waals surface area contributed by atoms with Crippen LogP contribution in [0.4, 0.5) is 0 Å². The molecule has 0 unspecified atom stereocenters. The molecule has 0 aliphatic carbocycles. The first kappa shape index (κ1) is 19.3. The highest BCUT2D eigenvalue weighted by molar-refractivity contribution is 5.97. The van der Waals surface area contributed by atoms with Crippen molar-refractivity contribution in [2.75, 3.05) is 6.54 Å². The molecule has 2 aromatic carbocycles. The van der Waals surface area contributed by atoms with Crippen LogP contribution in [0.25, 0.3) is 0 Å². The molecule has 142 valence electrons. The zero-order chi connectivity index (χ0) is 19.6. The number of benzene rings is 2. The standard InChI is InChI=1S/C23H23N3O2/c27-22(25-16-6-9-18-7-2-1-3-8-18)19-11-13-20(14-12-19)23(28)26-17-21-10-4-5-15-24-21/h1-5,7-8,10-15H,6,9,16-17H2,(H,25,27)(H,26,28). The summed E-state index contributed by atoms with van der Waals surface area (Å²) in [6, 6.07) is 22.4. The van der Waals surface area contributed by atoms with Crippen molar-refractivity contribution in [2.45, 2.75) is 19.4 Å². The number of aryl methyl sites for hydroxylation is 1. The van der Waals surface area contributed by atoms with Crippen molar-refractivity contribution < 1.29 is 9.59 Å². The summed E-state index contributed by atoms with van der Waals surface area (Å²) in [7, 11) is 0. The molecule has 0 saturated carbocycles. The fourth-order valence-corrected chi connectivity index (χ4v) is 2.79. The summed E-state index contributed by atoms with van der Waals surface area (Å²) in [6.07, 6.45) is 3.50. The lowest BCUT2D eigenvalue weighted by atomic mass is 10.1. The Morgan fingerprint density at radius 1 is 0.750 bits per heavy atom. The van der Waals surface area contributed by atoms with E-state index in [4.69, 9.17) is 0 Å². The van der Waals surface area contributed by atoms with Gasteiger partial charge in [-0.15, -0.1) is 0 Å². The number of pyridine rings is 1. The van der Waals surface area contributed by atoms with Gasteiger partial charge in [-0.1, -0.05) is 36.4 Å². The highest BCUT2D eigenvalue weighted by Gasteiger charge is 2.09. The van der Waals surface area contributed by atoms with Gasteiger partial charge < -0.3 is 10.6 Å². The average molecular weight is 373 g/mol. The van der Waals surface area contributed by atoms with Crippen molar-refractivity contribution >= 4 is 11.8 Å². The minimum atomic E-state index is -0.194. The highest BCUT2D eigenvalue weighted by Crippen LogP contribution is 2.06. The summed E-state index contributed by atoms with van der Waals surface area (Å²) in [5.41, 5.74) is 3.11. The number of amides is 2. The first-order valence-electron chi connectivity index (χ1n) is 9.32. The van der Waals surface area contributed by atoms with Gasteiger partial charge in [0.1, 0.15) is 0 Å². The maximum Gasteiger partial charge on any atom is 0.251 e. The van der Waals surface area contributed by atoms with E-state index >= 15 is 0 Å². The minimum Gasteiger partial charge on any atom is -0.352 e. The van der Waals surface area contributed by atoms with E-state index in [9.17, 15) is 9.59 Å². The molecule has 1 aromatic heterocycles. The SMILES string of the molecule is O=C(NCCCc1ccccc1)c1ccc(C(=O)NCc2ccccn2)cc1. The van der Waals surface area contributed by atoms with Gasteiger partial charge >= 0.3 is 0 Å². The van der Waals surface area contributed by atoms with Gasteiger partial charge in [0.05, 0.1) is 12.2 Å². The quantitative estimate of drug-likeness (QED) is 0.595. The van der Waals surface area contributed by atoms with Crippen LogP contribution >= 0.6 is 0 Å². The zero-order valence-corrected chi connectivity index (χ0v) is 15.6. The molecule has 1 heterocycles. The molecule has 0 spiro atoms. The Morgan fingerprint density at radius 3 is 2.04 bits per heavy atom. The van der Waals surface area contributed by atoms with Gasteiger partial charge in [0.25, 0.3) is 11.8 Å². The molecule has 0 saturated heterocycles. The van der Waals surface area contributed by atoms with Gasteiger partial charge in [-0.25, -0.2) is 0 Å². The summed E-state index contributed by atoms with van der Waals surface area (Å²) in [5, 5.41) is 5.74. The van der Waals surface area contributed by atoms with Gasteiger partial charge in [0, 0.05) is 23.9 Å². The molecule has 0 aliphatic heterocycles. The van der Waals surface area contributed by atoms with Gasteiger partial charge in [0.15, 0.2) is 0 Å². The molecule has 5 heteroatoms. The zero-order valence-electron chi connectivity index (χ0n) is 15.6. The van der Waals surface area contributed by atoms with Crippen LogP contribution in [0, 0.1) is 0 Å². The van der Waals surface area contributed by atoms with Crippen LogP contribution in [0.15, 0.2) is 79.0 Å². The second-order valence-electron chi connectivity index (χ2n) is 6.43. The number of hydrogen-bond acceptors (Lipinski definition) is 3. The van der Waals surface area contributed by atoms with Crippen molar-refractivity contribution in [1.29, 1.82) is 0 Å². The number of nitrogens with one attached hydrogen (secondary N) is 2. The summed E-state index contributed by atoms with van der Waals surface area (Å²) in [4.78, 5) is 28.6. The van der Waals surface area contributed by atoms with Crippen molar-refractivity contribution in [3.63, 3.8) is 0 Å². The Hall–Kier alpha value is -3.47. The lowest BCUT2D eigenvalue weighted by Gasteiger charge is -2.07. The molecule has 0 aliphatic rings. The number of hydrogen-bond donors (Lipinski definition) is 2. The van der Waals surface area contributed by atoms with E-state index in [1.165, 1.54) is 5.56 Å². The molecule has 3 rings (SSSR count). The molecule has 5 nitrogen and oxygen atoms in total. The lowest BCUT2D eigenvalue weighted by molar-refractivity contribution is 0.0940. The van der Waals surface area contributed by atoms with Crippen molar-refractivity contribution in [2.24, 2.45) is 0 Å². The average Bonchev–Trinajstić information content (AvgIpc) is 2.76. The predicted octanol–water partition coefficient (Wildman–Crippen LogP) is 3.37. The lowest BCUT2D eigenvalue weighted by Crippen LogP contribution is -2.25. The molecule has 2 amide bonds. The number of nitrogens with zero attached hydrogens (tertiary/aromatic N) is 1. The van der Waals surface area contributed by atoms with Crippen LogP contribution in [0.5, 0.6) is 0 Å². The van der Waals surface area contributed by atoms with Crippen LogP contribution in [0.1, 0.15) is 38.4 Å². The normalized spacial score (nSPS) is 10.3. The van der Waals surface area contributed by atoms with Crippen LogP contribution in [-0.2, 0) is 13.0 Å². The van der Waals surface area contributed by atoms with Crippen LogP contribution in [-0.4, -0.2) is 23.3 Å². The van der Waals surface area contributed by atoms with Crippen LogP contribution < -0.4 is 10.6 Å². The maximum atomic E-state index is 12.2. The minimum absolute atomic E-state index is 0.131. The molecule has 0 bridgehead atoms. The van der Waals surface area contributed by atoms with E-state index in [2.05, 4.69) is 27.8 Å². The number of carbonyl (C=O) groups excluding carboxylic acids is 2. The topological polar surface area (TPSA) is 71.1 Å². The van der Waals surface area contributed by atoms with E-state index in [0.717, 1.165) is 18.5 Å². The second-order valence-corrected chi connectivity index (χ2v) is 6.43. The van der Waals surface area contributed by atoms with E-state index in [0.29, 0.717) is 24.2 Å². The number of carbonyl (C=O) groups is 2. The molecule has 28 heavy (non-hydrogen) atoms. The third kappa shape index (κ3) is 5.77. The molecule has 3 aromatic rings. The van der Waals surface area contributed by atoms with E-state index in [-0.39, 0.29) is 11.8 Å². The van der Waals surface area contributed by atoms with Crippen LogP contribution in [0.3, 0.4) is 0 Å². The summed E-state index contributed by atoms with van der Waals surface area (Å²) in [6.45, 7) is 0.976. The van der Waals surface area contributed by atoms with Crippen molar-refractivity contribution in [1.82, 2.24) is 15.6 Å².